The standard InChI is InChI=1S/C16H19N2P/c1-3-19(4-2)13-14(15-9-5-7-11-17-15)16-10-6-8-12-18-16/h5-13H,3-4H2,1-2H3. The molecule has 19 heavy (non-hydrogen) atoms. The predicted octanol–water partition coefficient (Wildman–Crippen LogP) is 4.39. The van der Waals surface area contributed by atoms with Crippen LogP contribution >= 0.6 is 7.92 Å². The molecule has 0 aliphatic carbocycles. The van der Waals surface area contributed by atoms with Crippen LogP contribution in [-0.2, 0) is 0 Å². The summed E-state index contributed by atoms with van der Waals surface area (Å²) >= 11 is 0. The molecule has 2 aromatic heterocycles. The minimum absolute atomic E-state index is 0.0849. The van der Waals surface area contributed by atoms with Gasteiger partial charge in [-0.1, -0.05) is 33.9 Å². The van der Waals surface area contributed by atoms with Gasteiger partial charge in [0.15, 0.2) is 0 Å². The molecule has 0 radical (unpaired) electrons. The van der Waals surface area contributed by atoms with E-state index in [1.807, 2.05) is 36.7 Å². The van der Waals surface area contributed by atoms with Crippen molar-refractivity contribution in [1.82, 2.24) is 9.97 Å². The number of rotatable bonds is 5. The molecule has 0 aliphatic heterocycles. The highest BCUT2D eigenvalue weighted by molar-refractivity contribution is 7.61. The summed E-state index contributed by atoms with van der Waals surface area (Å²) in [4.78, 5) is 8.96. The number of hydrogen-bond acceptors (Lipinski definition) is 2. The quantitative estimate of drug-likeness (QED) is 0.753. The third-order valence-corrected chi connectivity index (χ3v) is 5.25. The summed E-state index contributed by atoms with van der Waals surface area (Å²) in [5.74, 6) is 2.38. The average molecular weight is 270 g/mol. The molecule has 0 aliphatic rings. The van der Waals surface area contributed by atoms with Gasteiger partial charge in [0, 0.05) is 18.0 Å². The Morgan fingerprint density at radius 1 is 0.947 bits per heavy atom. The van der Waals surface area contributed by atoms with E-state index in [1.165, 1.54) is 12.3 Å². The molecule has 0 aromatic carbocycles. The fourth-order valence-electron chi connectivity index (χ4n) is 1.90. The third-order valence-electron chi connectivity index (χ3n) is 3.01. The van der Waals surface area contributed by atoms with Gasteiger partial charge in [-0.2, -0.15) is 0 Å². The number of aromatic nitrogens is 2. The maximum absolute atomic E-state index is 4.48. The van der Waals surface area contributed by atoms with E-state index in [0.29, 0.717) is 0 Å². The van der Waals surface area contributed by atoms with Gasteiger partial charge < -0.3 is 0 Å². The lowest BCUT2D eigenvalue weighted by atomic mass is 10.1. The van der Waals surface area contributed by atoms with Crippen molar-refractivity contribution in [2.45, 2.75) is 13.8 Å². The lowest BCUT2D eigenvalue weighted by molar-refractivity contribution is 1.22. The number of nitrogens with zero attached hydrogens (tertiary/aromatic N) is 2. The van der Waals surface area contributed by atoms with Crippen molar-refractivity contribution in [2.75, 3.05) is 12.3 Å². The van der Waals surface area contributed by atoms with E-state index in [4.69, 9.17) is 0 Å². The Morgan fingerprint density at radius 3 is 1.84 bits per heavy atom. The summed E-state index contributed by atoms with van der Waals surface area (Å²) in [7, 11) is -0.0849. The molecule has 0 bridgehead atoms. The largest absolute Gasteiger partial charge is 0.256 e. The molecule has 0 N–H and O–H groups in total. The Labute approximate surface area is 116 Å². The van der Waals surface area contributed by atoms with Crippen LogP contribution in [0.4, 0.5) is 0 Å². The van der Waals surface area contributed by atoms with Crippen molar-refractivity contribution in [3.8, 4) is 0 Å². The van der Waals surface area contributed by atoms with Gasteiger partial charge in [0.1, 0.15) is 0 Å². The summed E-state index contributed by atoms with van der Waals surface area (Å²) < 4.78 is 0. The summed E-state index contributed by atoms with van der Waals surface area (Å²) in [5, 5.41) is 0. The van der Waals surface area contributed by atoms with E-state index in [1.54, 1.807) is 0 Å². The molecular formula is C16H19N2P. The second-order valence-corrected chi connectivity index (χ2v) is 6.89. The topological polar surface area (TPSA) is 25.8 Å². The van der Waals surface area contributed by atoms with Gasteiger partial charge in [-0.15, -0.1) is 0 Å². The van der Waals surface area contributed by atoms with Crippen molar-refractivity contribution in [1.29, 1.82) is 0 Å². The minimum Gasteiger partial charge on any atom is -0.256 e. The zero-order valence-electron chi connectivity index (χ0n) is 11.5. The minimum atomic E-state index is -0.0849. The van der Waals surface area contributed by atoms with Crippen molar-refractivity contribution < 1.29 is 0 Å². The van der Waals surface area contributed by atoms with Crippen molar-refractivity contribution >= 4 is 13.5 Å². The first-order valence-corrected chi connectivity index (χ1v) is 8.42. The van der Waals surface area contributed by atoms with Crippen molar-refractivity contribution in [2.24, 2.45) is 0 Å². The first-order chi connectivity index (χ1) is 9.35. The van der Waals surface area contributed by atoms with Gasteiger partial charge in [0.25, 0.3) is 0 Å². The molecule has 3 heteroatoms. The fourth-order valence-corrected chi connectivity index (χ4v) is 3.34. The van der Waals surface area contributed by atoms with Crippen LogP contribution in [0.1, 0.15) is 25.2 Å². The zero-order valence-corrected chi connectivity index (χ0v) is 12.3. The molecule has 2 heterocycles. The Hall–Kier alpha value is -1.53. The maximum atomic E-state index is 4.48. The smallest absolute Gasteiger partial charge is 0.0724 e. The average Bonchev–Trinajstić information content (AvgIpc) is 2.50. The molecule has 0 amide bonds. The molecule has 0 saturated carbocycles. The molecular weight excluding hydrogens is 251 g/mol. The molecule has 0 fully saturated rings. The molecule has 2 aromatic rings. The van der Waals surface area contributed by atoms with E-state index in [-0.39, 0.29) is 7.92 Å². The molecule has 0 saturated heterocycles. The Balaban J connectivity index is 2.45. The number of pyridine rings is 2. The van der Waals surface area contributed by atoms with Crippen LogP contribution in [0.15, 0.2) is 54.6 Å². The zero-order chi connectivity index (χ0) is 13.5. The van der Waals surface area contributed by atoms with Crippen LogP contribution in [0.3, 0.4) is 0 Å². The molecule has 0 atom stereocenters. The van der Waals surface area contributed by atoms with Crippen LogP contribution in [0.25, 0.3) is 5.57 Å². The maximum Gasteiger partial charge on any atom is 0.0724 e. The van der Waals surface area contributed by atoms with E-state index < -0.39 is 0 Å². The molecule has 0 unspecified atom stereocenters. The van der Waals surface area contributed by atoms with E-state index >= 15 is 0 Å². The molecule has 0 spiro atoms. The second-order valence-electron chi connectivity index (χ2n) is 4.19. The second kappa shape index (κ2) is 7.16. The molecule has 2 nitrogen and oxygen atoms in total. The van der Waals surface area contributed by atoms with Gasteiger partial charge in [-0.05, 0) is 42.4 Å². The highest BCUT2D eigenvalue weighted by Gasteiger charge is 2.09. The van der Waals surface area contributed by atoms with E-state index in [9.17, 15) is 0 Å². The Kier molecular flexibility index (Phi) is 5.23. The van der Waals surface area contributed by atoms with Crippen LogP contribution in [0.5, 0.6) is 0 Å². The van der Waals surface area contributed by atoms with Crippen LogP contribution in [0.2, 0.25) is 0 Å². The summed E-state index contributed by atoms with van der Waals surface area (Å²) in [6.07, 6.45) is 6.09. The molecule has 2 rings (SSSR count). The monoisotopic (exact) mass is 270 g/mol. The highest BCUT2D eigenvalue weighted by atomic mass is 31.1. The third kappa shape index (κ3) is 3.71. The van der Waals surface area contributed by atoms with E-state index in [0.717, 1.165) is 17.0 Å². The highest BCUT2D eigenvalue weighted by Crippen LogP contribution is 2.40. The van der Waals surface area contributed by atoms with E-state index in [2.05, 4.69) is 41.8 Å². The van der Waals surface area contributed by atoms with Crippen molar-refractivity contribution in [3.05, 3.63) is 66.0 Å². The summed E-state index contributed by atoms with van der Waals surface area (Å²) in [6, 6.07) is 12.1. The summed E-state index contributed by atoms with van der Waals surface area (Å²) in [6.45, 7) is 4.50. The summed E-state index contributed by atoms with van der Waals surface area (Å²) in [5.41, 5.74) is 3.18. The van der Waals surface area contributed by atoms with Crippen LogP contribution < -0.4 is 0 Å². The van der Waals surface area contributed by atoms with Crippen molar-refractivity contribution in [3.63, 3.8) is 0 Å². The number of hydrogen-bond donors (Lipinski definition) is 0. The van der Waals surface area contributed by atoms with Gasteiger partial charge in [0.2, 0.25) is 0 Å². The SMILES string of the molecule is CCP(C=C(c1ccccn1)c1ccccn1)CC. The van der Waals surface area contributed by atoms with Gasteiger partial charge in [-0.3, -0.25) is 9.97 Å². The lowest BCUT2D eigenvalue weighted by Crippen LogP contribution is -1.94. The first kappa shape index (κ1) is 13.9. The Bertz CT molecular complexity index is 477. The van der Waals surface area contributed by atoms with Gasteiger partial charge in [0.05, 0.1) is 11.4 Å². The van der Waals surface area contributed by atoms with Crippen LogP contribution in [0, 0.1) is 0 Å². The van der Waals surface area contributed by atoms with Gasteiger partial charge >= 0.3 is 0 Å². The lowest BCUT2D eigenvalue weighted by Gasteiger charge is -2.12. The first-order valence-electron chi connectivity index (χ1n) is 6.63. The van der Waals surface area contributed by atoms with Gasteiger partial charge in [-0.25, -0.2) is 0 Å². The normalized spacial score (nSPS) is 10.5. The molecule has 98 valence electrons. The fraction of sp³-hybridized carbons (Fsp3) is 0.250. The van der Waals surface area contributed by atoms with Crippen LogP contribution in [-0.4, -0.2) is 22.3 Å². The Morgan fingerprint density at radius 2 is 1.47 bits per heavy atom. The predicted molar refractivity (Wildman–Crippen MR) is 83.6 cm³/mol.